The first-order chi connectivity index (χ1) is 8.58. The Morgan fingerprint density at radius 2 is 2.22 bits per heavy atom. The molecule has 100 valence electrons. The summed E-state index contributed by atoms with van der Waals surface area (Å²) in [4.78, 5) is 11.7. The van der Waals surface area contributed by atoms with Crippen LogP contribution in [0.4, 0.5) is 11.4 Å². The molecule has 1 aromatic carbocycles. The Morgan fingerprint density at radius 1 is 1.50 bits per heavy atom. The van der Waals surface area contributed by atoms with E-state index in [0.29, 0.717) is 17.2 Å². The quantitative estimate of drug-likeness (QED) is 0.690. The lowest BCUT2D eigenvalue weighted by molar-refractivity contribution is 0.0964. The first-order valence-electron chi connectivity index (χ1n) is 5.93. The molecule has 1 aromatic rings. The van der Waals surface area contributed by atoms with Gasteiger partial charge in [0.25, 0.3) is 5.91 Å². The topological polar surface area (TPSA) is 67.2 Å². The van der Waals surface area contributed by atoms with E-state index in [-0.39, 0.29) is 5.91 Å². The van der Waals surface area contributed by atoms with E-state index in [4.69, 9.17) is 5.73 Å². The minimum atomic E-state index is -0.102. The summed E-state index contributed by atoms with van der Waals surface area (Å²) in [5, 5.41) is 5.93. The van der Waals surface area contributed by atoms with Gasteiger partial charge in [0.2, 0.25) is 0 Å². The normalized spacial score (nSPS) is 11.9. The molecule has 0 fully saturated rings. The molecule has 0 aliphatic rings. The Hall–Kier alpha value is -1.36. The number of thioether (sulfide) groups is 1. The van der Waals surface area contributed by atoms with E-state index in [0.717, 1.165) is 18.0 Å². The molecule has 0 aliphatic carbocycles. The number of hydrogen-bond acceptors (Lipinski definition) is 4. The Labute approximate surface area is 113 Å². The molecule has 0 bridgehead atoms. The predicted octanol–water partition coefficient (Wildman–Crippen LogP) is 2.04. The van der Waals surface area contributed by atoms with Crippen LogP contribution >= 0.6 is 11.8 Å². The fraction of sp³-hybridized carbons (Fsp3) is 0.462. The smallest absolute Gasteiger partial charge is 0.253 e. The first kappa shape index (κ1) is 14.7. The average molecular weight is 267 g/mol. The third-order valence-corrected chi connectivity index (χ3v) is 3.51. The lowest BCUT2D eigenvalue weighted by atomic mass is 10.1. The molecule has 4 N–H and O–H groups in total. The van der Waals surface area contributed by atoms with Crippen molar-refractivity contribution in [1.82, 2.24) is 5.32 Å². The standard InChI is InChI=1S/C13H21N3OS/c1-9(8-18-3)7-16-12-6-10(14)4-5-11(12)13(17)15-2/h4-6,9,16H,7-8,14H2,1-3H3,(H,15,17). The van der Waals surface area contributed by atoms with Crippen molar-refractivity contribution in [1.29, 1.82) is 0 Å². The minimum Gasteiger partial charge on any atom is -0.399 e. The van der Waals surface area contributed by atoms with Crippen LogP contribution < -0.4 is 16.4 Å². The number of anilines is 2. The second kappa shape index (κ2) is 7.16. The minimum absolute atomic E-state index is 0.102. The summed E-state index contributed by atoms with van der Waals surface area (Å²) < 4.78 is 0. The highest BCUT2D eigenvalue weighted by atomic mass is 32.2. The van der Waals surface area contributed by atoms with Crippen LogP contribution in [0.3, 0.4) is 0 Å². The summed E-state index contributed by atoms with van der Waals surface area (Å²) in [6.45, 7) is 3.00. The molecule has 1 rings (SSSR count). The fourth-order valence-electron chi connectivity index (χ4n) is 1.67. The van der Waals surface area contributed by atoms with Crippen LogP contribution in [-0.2, 0) is 0 Å². The van der Waals surface area contributed by atoms with Gasteiger partial charge in [-0.3, -0.25) is 4.79 Å². The zero-order valence-corrected chi connectivity index (χ0v) is 11.9. The number of nitrogen functional groups attached to an aromatic ring is 1. The Kier molecular flexibility index (Phi) is 5.85. The fourth-order valence-corrected chi connectivity index (χ4v) is 2.36. The van der Waals surface area contributed by atoms with Gasteiger partial charge in [-0.1, -0.05) is 6.92 Å². The molecule has 1 atom stereocenters. The number of carbonyl (C=O) groups is 1. The van der Waals surface area contributed by atoms with Crippen molar-refractivity contribution >= 4 is 29.0 Å². The summed E-state index contributed by atoms with van der Waals surface area (Å²) >= 11 is 1.82. The molecule has 5 heteroatoms. The highest BCUT2D eigenvalue weighted by Gasteiger charge is 2.11. The van der Waals surface area contributed by atoms with Crippen LogP contribution in [0.5, 0.6) is 0 Å². The van der Waals surface area contributed by atoms with Gasteiger partial charge in [0.1, 0.15) is 0 Å². The maximum absolute atomic E-state index is 11.7. The van der Waals surface area contributed by atoms with Crippen LogP contribution in [0.1, 0.15) is 17.3 Å². The maximum atomic E-state index is 11.7. The van der Waals surface area contributed by atoms with E-state index < -0.39 is 0 Å². The van der Waals surface area contributed by atoms with Gasteiger partial charge in [0, 0.05) is 25.0 Å². The van der Waals surface area contributed by atoms with Gasteiger partial charge < -0.3 is 16.4 Å². The van der Waals surface area contributed by atoms with E-state index in [2.05, 4.69) is 23.8 Å². The summed E-state index contributed by atoms with van der Waals surface area (Å²) in [5.41, 5.74) is 7.84. The number of nitrogens with two attached hydrogens (primary N) is 1. The van der Waals surface area contributed by atoms with Crippen molar-refractivity contribution in [3.05, 3.63) is 23.8 Å². The highest BCUT2D eigenvalue weighted by molar-refractivity contribution is 7.98. The number of rotatable bonds is 6. The van der Waals surface area contributed by atoms with E-state index in [1.165, 1.54) is 0 Å². The van der Waals surface area contributed by atoms with Crippen molar-refractivity contribution in [3.8, 4) is 0 Å². The van der Waals surface area contributed by atoms with Gasteiger partial charge >= 0.3 is 0 Å². The molecular weight excluding hydrogens is 246 g/mol. The number of hydrogen-bond donors (Lipinski definition) is 3. The van der Waals surface area contributed by atoms with Crippen molar-refractivity contribution in [3.63, 3.8) is 0 Å². The van der Waals surface area contributed by atoms with Gasteiger partial charge in [-0.05, 0) is 36.1 Å². The van der Waals surface area contributed by atoms with Crippen LogP contribution in [0.15, 0.2) is 18.2 Å². The van der Waals surface area contributed by atoms with Crippen LogP contribution in [0.2, 0.25) is 0 Å². The molecule has 0 aromatic heterocycles. The largest absolute Gasteiger partial charge is 0.399 e. The molecule has 0 radical (unpaired) electrons. The number of benzene rings is 1. The summed E-state index contributed by atoms with van der Waals surface area (Å²) in [7, 11) is 1.62. The SMILES string of the molecule is CNC(=O)c1ccc(N)cc1NCC(C)CSC. The summed E-state index contributed by atoms with van der Waals surface area (Å²) in [6, 6.07) is 5.28. The first-order valence-corrected chi connectivity index (χ1v) is 7.32. The average Bonchev–Trinajstić information content (AvgIpc) is 2.36. The van der Waals surface area contributed by atoms with Crippen molar-refractivity contribution in [2.45, 2.75) is 6.92 Å². The molecular formula is C13H21N3OS. The predicted molar refractivity (Wildman–Crippen MR) is 80.3 cm³/mol. The van der Waals surface area contributed by atoms with Crippen molar-refractivity contribution < 1.29 is 4.79 Å². The van der Waals surface area contributed by atoms with Gasteiger partial charge in [-0.15, -0.1) is 0 Å². The number of amides is 1. The van der Waals surface area contributed by atoms with E-state index in [9.17, 15) is 4.79 Å². The zero-order chi connectivity index (χ0) is 13.5. The molecule has 1 unspecified atom stereocenters. The third-order valence-electron chi connectivity index (χ3n) is 2.61. The van der Waals surface area contributed by atoms with Gasteiger partial charge in [0.05, 0.1) is 5.56 Å². The zero-order valence-electron chi connectivity index (χ0n) is 11.1. The van der Waals surface area contributed by atoms with E-state index >= 15 is 0 Å². The molecule has 1 amide bonds. The molecule has 0 aliphatic heterocycles. The van der Waals surface area contributed by atoms with Gasteiger partial charge in [0.15, 0.2) is 0 Å². The molecule has 0 saturated carbocycles. The molecule has 0 heterocycles. The lowest BCUT2D eigenvalue weighted by Crippen LogP contribution is -2.21. The third kappa shape index (κ3) is 4.14. The Balaban J connectivity index is 2.79. The number of nitrogens with one attached hydrogen (secondary N) is 2. The lowest BCUT2D eigenvalue weighted by Gasteiger charge is -2.15. The molecule has 0 spiro atoms. The van der Waals surface area contributed by atoms with Gasteiger partial charge in [-0.25, -0.2) is 0 Å². The maximum Gasteiger partial charge on any atom is 0.253 e. The van der Waals surface area contributed by atoms with Crippen LogP contribution in [-0.4, -0.2) is 31.5 Å². The van der Waals surface area contributed by atoms with E-state index in [1.807, 2.05) is 11.8 Å². The molecule has 4 nitrogen and oxygen atoms in total. The highest BCUT2D eigenvalue weighted by Crippen LogP contribution is 2.20. The second-order valence-corrected chi connectivity index (χ2v) is 5.24. The summed E-state index contributed by atoms with van der Waals surface area (Å²) in [5.74, 6) is 1.53. The molecule has 18 heavy (non-hydrogen) atoms. The van der Waals surface area contributed by atoms with Crippen LogP contribution in [0, 0.1) is 5.92 Å². The Morgan fingerprint density at radius 3 is 2.83 bits per heavy atom. The van der Waals surface area contributed by atoms with Crippen molar-refractivity contribution in [2.24, 2.45) is 5.92 Å². The van der Waals surface area contributed by atoms with Gasteiger partial charge in [-0.2, -0.15) is 11.8 Å². The van der Waals surface area contributed by atoms with E-state index in [1.54, 1.807) is 25.2 Å². The number of carbonyl (C=O) groups excluding carboxylic acids is 1. The van der Waals surface area contributed by atoms with Crippen LogP contribution in [0.25, 0.3) is 0 Å². The Bertz CT molecular complexity index is 409. The second-order valence-electron chi connectivity index (χ2n) is 4.33. The monoisotopic (exact) mass is 267 g/mol. The van der Waals surface area contributed by atoms with Crippen molar-refractivity contribution in [2.75, 3.05) is 36.7 Å². The molecule has 0 saturated heterocycles. The summed E-state index contributed by atoms with van der Waals surface area (Å²) in [6.07, 6.45) is 2.09.